The maximum Gasteiger partial charge on any atom is 0.150 e. The number of hydrogen-bond donors (Lipinski definition) is 1. The zero-order valence-corrected chi connectivity index (χ0v) is 10.8. The van der Waals surface area contributed by atoms with Crippen molar-refractivity contribution in [3.8, 4) is 0 Å². The maximum atomic E-state index is 11.5. The SMILES string of the molecule is CCNC(C)C1CCCC(S(C)(=O)=O)C1. The third-order valence-electron chi connectivity index (χ3n) is 3.51. The Balaban J connectivity index is 2.56. The Morgan fingerprint density at radius 1 is 1.40 bits per heavy atom. The third kappa shape index (κ3) is 3.76. The number of rotatable bonds is 4. The van der Waals surface area contributed by atoms with Crippen molar-refractivity contribution in [3.05, 3.63) is 0 Å². The molecule has 3 nitrogen and oxygen atoms in total. The highest BCUT2D eigenvalue weighted by Gasteiger charge is 2.30. The van der Waals surface area contributed by atoms with Crippen LogP contribution in [0, 0.1) is 5.92 Å². The molecule has 0 spiro atoms. The van der Waals surface area contributed by atoms with Crippen molar-refractivity contribution < 1.29 is 8.42 Å². The predicted molar refractivity (Wildman–Crippen MR) is 63.7 cm³/mol. The van der Waals surface area contributed by atoms with Gasteiger partial charge in [0.05, 0.1) is 5.25 Å². The first-order valence-corrected chi connectivity index (χ1v) is 7.82. The van der Waals surface area contributed by atoms with E-state index in [-0.39, 0.29) is 5.25 Å². The van der Waals surface area contributed by atoms with Crippen molar-refractivity contribution in [3.63, 3.8) is 0 Å². The zero-order valence-electron chi connectivity index (χ0n) is 9.99. The minimum Gasteiger partial charge on any atom is -0.314 e. The quantitative estimate of drug-likeness (QED) is 0.802. The van der Waals surface area contributed by atoms with Gasteiger partial charge in [-0.15, -0.1) is 0 Å². The van der Waals surface area contributed by atoms with Crippen molar-refractivity contribution in [1.29, 1.82) is 0 Å². The Kier molecular flexibility index (Phi) is 4.59. The fourth-order valence-electron chi connectivity index (χ4n) is 2.51. The summed E-state index contributed by atoms with van der Waals surface area (Å²) in [5.74, 6) is 0.526. The number of nitrogens with one attached hydrogen (secondary N) is 1. The molecule has 3 atom stereocenters. The molecule has 0 aromatic heterocycles. The summed E-state index contributed by atoms with van der Waals surface area (Å²) >= 11 is 0. The van der Waals surface area contributed by atoms with E-state index in [4.69, 9.17) is 0 Å². The van der Waals surface area contributed by atoms with E-state index in [0.29, 0.717) is 12.0 Å². The molecular formula is C11H23NO2S. The minimum absolute atomic E-state index is 0.0997. The molecular weight excluding hydrogens is 210 g/mol. The summed E-state index contributed by atoms with van der Waals surface area (Å²) in [7, 11) is -2.84. The summed E-state index contributed by atoms with van der Waals surface area (Å²) in [6.45, 7) is 5.22. The van der Waals surface area contributed by atoms with E-state index in [9.17, 15) is 8.42 Å². The summed E-state index contributed by atoms with van der Waals surface area (Å²) in [5.41, 5.74) is 0. The van der Waals surface area contributed by atoms with E-state index in [1.165, 1.54) is 12.7 Å². The molecule has 4 heteroatoms. The van der Waals surface area contributed by atoms with Gasteiger partial charge in [-0.3, -0.25) is 0 Å². The lowest BCUT2D eigenvalue weighted by Crippen LogP contribution is -2.39. The van der Waals surface area contributed by atoms with E-state index in [0.717, 1.165) is 25.8 Å². The molecule has 0 heterocycles. The lowest BCUT2D eigenvalue weighted by atomic mass is 9.84. The third-order valence-corrected chi connectivity index (χ3v) is 5.14. The molecule has 0 radical (unpaired) electrons. The normalized spacial score (nSPS) is 30.1. The Hall–Kier alpha value is -0.0900. The second-order valence-corrected chi connectivity index (χ2v) is 7.05. The molecule has 0 aromatic carbocycles. The minimum atomic E-state index is -2.84. The molecule has 0 amide bonds. The van der Waals surface area contributed by atoms with E-state index < -0.39 is 9.84 Å². The first-order chi connectivity index (χ1) is 6.95. The van der Waals surface area contributed by atoms with Crippen LogP contribution in [-0.4, -0.2) is 32.5 Å². The summed E-state index contributed by atoms with van der Waals surface area (Å²) < 4.78 is 23.0. The van der Waals surface area contributed by atoms with Gasteiger partial charge in [-0.25, -0.2) is 8.42 Å². The van der Waals surface area contributed by atoms with E-state index in [1.54, 1.807) is 0 Å². The molecule has 1 saturated carbocycles. The summed E-state index contributed by atoms with van der Waals surface area (Å²) in [6.07, 6.45) is 5.29. The van der Waals surface area contributed by atoms with Crippen LogP contribution in [0.25, 0.3) is 0 Å². The Morgan fingerprint density at radius 2 is 2.07 bits per heavy atom. The van der Waals surface area contributed by atoms with E-state index in [2.05, 4.69) is 19.2 Å². The maximum absolute atomic E-state index is 11.5. The molecule has 3 unspecified atom stereocenters. The highest BCUT2D eigenvalue weighted by Crippen LogP contribution is 2.30. The Bertz CT molecular complexity index is 287. The van der Waals surface area contributed by atoms with Crippen LogP contribution in [0.2, 0.25) is 0 Å². The average Bonchev–Trinajstić information content (AvgIpc) is 2.17. The average molecular weight is 233 g/mol. The number of hydrogen-bond acceptors (Lipinski definition) is 3. The van der Waals surface area contributed by atoms with Crippen LogP contribution in [0.1, 0.15) is 39.5 Å². The molecule has 0 saturated heterocycles. The summed E-state index contributed by atoms with van der Waals surface area (Å²) in [4.78, 5) is 0. The molecule has 1 aliphatic rings. The van der Waals surface area contributed by atoms with E-state index in [1.807, 2.05) is 0 Å². The summed E-state index contributed by atoms with van der Waals surface area (Å²) in [5, 5.41) is 3.29. The molecule has 15 heavy (non-hydrogen) atoms. The largest absolute Gasteiger partial charge is 0.314 e. The lowest BCUT2D eigenvalue weighted by molar-refractivity contribution is 0.285. The Labute approximate surface area is 93.6 Å². The van der Waals surface area contributed by atoms with Gasteiger partial charge in [0, 0.05) is 12.3 Å². The molecule has 0 aliphatic heterocycles. The highest BCUT2D eigenvalue weighted by atomic mass is 32.2. The van der Waals surface area contributed by atoms with Crippen LogP contribution in [0.15, 0.2) is 0 Å². The lowest BCUT2D eigenvalue weighted by Gasteiger charge is -2.32. The molecule has 1 fully saturated rings. The molecule has 90 valence electrons. The van der Waals surface area contributed by atoms with E-state index >= 15 is 0 Å². The molecule has 0 bridgehead atoms. The smallest absolute Gasteiger partial charge is 0.150 e. The van der Waals surface area contributed by atoms with Gasteiger partial charge in [-0.2, -0.15) is 0 Å². The first-order valence-electron chi connectivity index (χ1n) is 5.87. The molecule has 1 aliphatic carbocycles. The monoisotopic (exact) mass is 233 g/mol. The second-order valence-electron chi connectivity index (χ2n) is 4.72. The van der Waals surface area contributed by atoms with Crippen molar-refractivity contribution in [1.82, 2.24) is 5.32 Å². The second kappa shape index (κ2) is 5.30. The van der Waals surface area contributed by atoms with Gasteiger partial charge in [-0.1, -0.05) is 13.3 Å². The van der Waals surface area contributed by atoms with Gasteiger partial charge in [0.15, 0.2) is 0 Å². The van der Waals surface area contributed by atoms with Crippen LogP contribution >= 0.6 is 0 Å². The van der Waals surface area contributed by atoms with Crippen molar-refractivity contribution >= 4 is 9.84 Å². The standard InChI is InChI=1S/C11H23NO2S/c1-4-12-9(2)10-6-5-7-11(8-10)15(3,13)14/h9-12H,4-8H2,1-3H3. The van der Waals surface area contributed by atoms with Gasteiger partial charge in [0.2, 0.25) is 0 Å². The highest BCUT2D eigenvalue weighted by molar-refractivity contribution is 7.91. The van der Waals surface area contributed by atoms with Crippen LogP contribution in [0.4, 0.5) is 0 Å². The topological polar surface area (TPSA) is 46.2 Å². The van der Waals surface area contributed by atoms with Gasteiger partial charge < -0.3 is 5.32 Å². The molecule has 1 rings (SSSR count). The van der Waals surface area contributed by atoms with Crippen LogP contribution in [0.5, 0.6) is 0 Å². The fourth-order valence-corrected chi connectivity index (χ4v) is 3.70. The first kappa shape index (κ1) is 13.0. The van der Waals surface area contributed by atoms with Crippen LogP contribution in [-0.2, 0) is 9.84 Å². The van der Waals surface area contributed by atoms with Gasteiger partial charge in [0.25, 0.3) is 0 Å². The van der Waals surface area contributed by atoms with Crippen molar-refractivity contribution in [2.24, 2.45) is 5.92 Å². The fraction of sp³-hybridized carbons (Fsp3) is 1.00. The van der Waals surface area contributed by atoms with Gasteiger partial charge in [-0.05, 0) is 38.6 Å². The van der Waals surface area contributed by atoms with Crippen LogP contribution < -0.4 is 5.32 Å². The van der Waals surface area contributed by atoms with Crippen molar-refractivity contribution in [2.45, 2.75) is 50.8 Å². The predicted octanol–water partition coefficient (Wildman–Crippen LogP) is 1.59. The summed E-state index contributed by atoms with van der Waals surface area (Å²) in [6, 6.07) is 0.444. The molecule has 1 N–H and O–H groups in total. The Morgan fingerprint density at radius 3 is 2.60 bits per heavy atom. The van der Waals surface area contributed by atoms with Crippen LogP contribution in [0.3, 0.4) is 0 Å². The van der Waals surface area contributed by atoms with Crippen molar-refractivity contribution in [2.75, 3.05) is 12.8 Å². The van der Waals surface area contributed by atoms with Gasteiger partial charge in [0.1, 0.15) is 9.84 Å². The zero-order chi connectivity index (χ0) is 11.5. The number of sulfone groups is 1. The molecule has 0 aromatic rings. The van der Waals surface area contributed by atoms with Gasteiger partial charge >= 0.3 is 0 Å².